The smallest absolute Gasteiger partial charge is 0.411 e. The van der Waals surface area contributed by atoms with Crippen molar-refractivity contribution in [1.82, 2.24) is 9.80 Å². The Morgan fingerprint density at radius 3 is 2.28 bits per heavy atom. The third kappa shape index (κ3) is 6.26. The highest BCUT2D eigenvalue weighted by atomic mass is 16.5. The van der Waals surface area contributed by atoms with E-state index in [2.05, 4.69) is 20.3 Å². The number of methoxy groups -OCH3 is 1. The molecule has 1 aliphatic heterocycles. The number of likely N-dealkylation sites (tertiary alicyclic amines) is 1. The Morgan fingerprint density at radius 1 is 1.12 bits per heavy atom. The second kappa shape index (κ2) is 9.88. The fourth-order valence-corrected chi connectivity index (χ4v) is 2.90. The molecule has 1 aromatic carbocycles. The van der Waals surface area contributed by atoms with E-state index in [1.54, 1.807) is 24.3 Å². The zero-order chi connectivity index (χ0) is 18.1. The number of carbonyl (C=O) groups is 2. The van der Waals surface area contributed by atoms with Crippen LogP contribution in [-0.4, -0.2) is 61.8 Å². The SMILES string of the molecule is CCN(CCCN1CCCC1)C(=O)Nc1ccc(NC(=O)OC)cc1. The summed E-state index contributed by atoms with van der Waals surface area (Å²) in [5.74, 6) is 0. The molecule has 1 heterocycles. The van der Waals surface area contributed by atoms with Gasteiger partial charge in [-0.2, -0.15) is 0 Å². The number of hydrogen-bond donors (Lipinski definition) is 2. The van der Waals surface area contributed by atoms with Crippen LogP contribution in [0.1, 0.15) is 26.2 Å². The lowest BCUT2D eigenvalue weighted by Gasteiger charge is -2.23. The summed E-state index contributed by atoms with van der Waals surface area (Å²) in [6.07, 6.45) is 3.05. The number of nitrogens with zero attached hydrogens (tertiary/aromatic N) is 2. The van der Waals surface area contributed by atoms with Crippen molar-refractivity contribution in [1.29, 1.82) is 0 Å². The molecule has 138 valence electrons. The van der Waals surface area contributed by atoms with Crippen molar-refractivity contribution < 1.29 is 14.3 Å². The zero-order valence-corrected chi connectivity index (χ0v) is 15.1. The first-order chi connectivity index (χ1) is 12.1. The van der Waals surface area contributed by atoms with E-state index in [9.17, 15) is 9.59 Å². The molecule has 3 amide bonds. The zero-order valence-electron chi connectivity index (χ0n) is 15.1. The molecule has 1 saturated heterocycles. The van der Waals surface area contributed by atoms with Gasteiger partial charge in [0.25, 0.3) is 0 Å². The van der Waals surface area contributed by atoms with Crippen molar-refractivity contribution in [3.63, 3.8) is 0 Å². The first-order valence-corrected chi connectivity index (χ1v) is 8.85. The molecular formula is C18H28N4O3. The Hall–Kier alpha value is -2.28. The molecule has 2 rings (SSSR count). The van der Waals surface area contributed by atoms with Crippen molar-refractivity contribution >= 4 is 23.5 Å². The molecule has 7 nitrogen and oxygen atoms in total. The van der Waals surface area contributed by atoms with Crippen molar-refractivity contribution in [3.05, 3.63) is 24.3 Å². The summed E-state index contributed by atoms with van der Waals surface area (Å²) in [5, 5.41) is 5.47. The minimum Gasteiger partial charge on any atom is -0.453 e. The lowest BCUT2D eigenvalue weighted by atomic mass is 10.3. The standard InChI is InChI=1S/C18H28N4O3/c1-3-22(14-6-13-21-11-4-5-12-21)17(23)19-15-7-9-16(10-8-15)20-18(24)25-2/h7-10H,3-6,11-14H2,1-2H3,(H,19,23)(H,20,24). The topological polar surface area (TPSA) is 73.9 Å². The van der Waals surface area contributed by atoms with E-state index in [0.717, 1.165) is 19.5 Å². The molecule has 0 radical (unpaired) electrons. The van der Waals surface area contributed by atoms with E-state index in [0.29, 0.717) is 17.9 Å². The molecule has 0 aliphatic carbocycles. The van der Waals surface area contributed by atoms with Crippen LogP contribution >= 0.6 is 0 Å². The highest BCUT2D eigenvalue weighted by Crippen LogP contribution is 2.14. The minimum atomic E-state index is -0.521. The number of nitrogens with one attached hydrogen (secondary N) is 2. The average Bonchev–Trinajstić information content (AvgIpc) is 3.13. The van der Waals surface area contributed by atoms with Crippen LogP contribution in [0.5, 0.6) is 0 Å². The Balaban J connectivity index is 1.78. The quantitative estimate of drug-likeness (QED) is 0.793. The van der Waals surface area contributed by atoms with E-state index in [-0.39, 0.29) is 6.03 Å². The summed E-state index contributed by atoms with van der Waals surface area (Å²) in [5.41, 5.74) is 1.31. The van der Waals surface area contributed by atoms with Crippen LogP contribution in [0, 0.1) is 0 Å². The Labute approximate surface area is 149 Å². The molecule has 0 spiro atoms. The number of benzene rings is 1. The average molecular weight is 348 g/mol. The van der Waals surface area contributed by atoms with Crippen LogP contribution in [0.3, 0.4) is 0 Å². The van der Waals surface area contributed by atoms with Crippen molar-refractivity contribution in [2.75, 3.05) is 50.5 Å². The van der Waals surface area contributed by atoms with Gasteiger partial charge in [-0.15, -0.1) is 0 Å². The fraction of sp³-hybridized carbons (Fsp3) is 0.556. The Kier molecular flexibility index (Phi) is 7.53. The van der Waals surface area contributed by atoms with E-state index in [4.69, 9.17) is 0 Å². The predicted octanol–water partition coefficient (Wildman–Crippen LogP) is 3.20. The molecule has 1 aromatic rings. The maximum Gasteiger partial charge on any atom is 0.411 e. The summed E-state index contributed by atoms with van der Waals surface area (Å²) in [7, 11) is 1.31. The van der Waals surface area contributed by atoms with Crippen LogP contribution in [-0.2, 0) is 4.74 Å². The van der Waals surface area contributed by atoms with Crippen LogP contribution in [0.4, 0.5) is 21.0 Å². The highest BCUT2D eigenvalue weighted by Gasteiger charge is 2.14. The van der Waals surface area contributed by atoms with Gasteiger partial charge in [-0.05, 0) is 70.1 Å². The van der Waals surface area contributed by atoms with Gasteiger partial charge in [0.15, 0.2) is 0 Å². The molecular weight excluding hydrogens is 320 g/mol. The van der Waals surface area contributed by atoms with E-state index < -0.39 is 6.09 Å². The number of urea groups is 1. The third-order valence-corrected chi connectivity index (χ3v) is 4.34. The molecule has 0 aromatic heterocycles. The molecule has 0 unspecified atom stereocenters. The molecule has 0 atom stereocenters. The number of ether oxygens (including phenoxy) is 1. The van der Waals surface area contributed by atoms with Gasteiger partial charge in [-0.3, -0.25) is 5.32 Å². The lowest BCUT2D eigenvalue weighted by molar-refractivity contribution is 0.187. The second-order valence-electron chi connectivity index (χ2n) is 6.11. The van der Waals surface area contributed by atoms with Gasteiger partial charge in [0.05, 0.1) is 7.11 Å². The van der Waals surface area contributed by atoms with Crippen molar-refractivity contribution in [2.24, 2.45) is 0 Å². The predicted molar refractivity (Wildman–Crippen MR) is 99.0 cm³/mol. The number of rotatable bonds is 7. The maximum absolute atomic E-state index is 12.4. The van der Waals surface area contributed by atoms with Gasteiger partial charge >= 0.3 is 12.1 Å². The Bertz CT molecular complexity index is 556. The molecule has 0 saturated carbocycles. The molecule has 7 heteroatoms. The largest absolute Gasteiger partial charge is 0.453 e. The van der Waals surface area contributed by atoms with Gasteiger partial charge < -0.3 is 19.9 Å². The lowest BCUT2D eigenvalue weighted by Crippen LogP contribution is -2.37. The third-order valence-electron chi connectivity index (χ3n) is 4.34. The number of hydrogen-bond acceptors (Lipinski definition) is 4. The van der Waals surface area contributed by atoms with Crippen LogP contribution < -0.4 is 10.6 Å². The van der Waals surface area contributed by atoms with E-state index in [1.807, 2.05) is 11.8 Å². The van der Waals surface area contributed by atoms with Crippen LogP contribution in [0.2, 0.25) is 0 Å². The van der Waals surface area contributed by atoms with Gasteiger partial charge in [-0.1, -0.05) is 0 Å². The maximum atomic E-state index is 12.4. The highest BCUT2D eigenvalue weighted by molar-refractivity contribution is 5.90. The molecule has 1 fully saturated rings. The summed E-state index contributed by atoms with van der Waals surface area (Å²) in [6.45, 7) is 6.83. The first kappa shape index (κ1) is 19.1. The number of amides is 3. The summed E-state index contributed by atoms with van der Waals surface area (Å²) < 4.78 is 4.54. The normalized spacial score (nSPS) is 14.2. The minimum absolute atomic E-state index is 0.0994. The monoisotopic (exact) mass is 348 g/mol. The fourth-order valence-electron chi connectivity index (χ4n) is 2.90. The summed E-state index contributed by atoms with van der Waals surface area (Å²) in [4.78, 5) is 27.8. The van der Waals surface area contributed by atoms with Crippen LogP contribution in [0.25, 0.3) is 0 Å². The molecule has 2 N–H and O–H groups in total. The van der Waals surface area contributed by atoms with E-state index in [1.165, 1.54) is 33.0 Å². The molecule has 1 aliphatic rings. The summed E-state index contributed by atoms with van der Waals surface area (Å²) in [6, 6.07) is 6.84. The molecule has 0 bridgehead atoms. The first-order valence-electron chi connectivity index (χ1n) is 8.85. The van der Waals surface area contributed by atoms with Crippen molar-refractivity contribution in [2.45, 2.75) is 26.2 Å². The van der Waals surface area contributed by atoms with Gasteiger partial charge in [0.1, 0.15) is 0 Å². The van der Waals surface area contributed by atoms with E-state index >= 15 is 0 Å². The van der Waals surface area contributed by atoms with Gasteiger partial charge in [0.2, 0.25) is 0 Å². The van der Waals surface area contributed by atoms with Gasteiger partial charge in [0, 0.05) is 24.5 Å². The Morgan fingerprint density at radius 2 is 1.72 bits per heavy atom. The number of carbonyl (C=O) groups excluding carboxylic acids is 2. The van der Waals surface area contributed by atoms with Crippen molar-refractivity contribution in [3.8, 4) is 0 Å². The molecule has 25 heavy (non-hydrogen) atoms. The number of anilines is 2. The second-order valence-corrected chi connectivity index (χ2v) is 6.11. The van der Waals surface area contributed by atoms with Crippen LogP contribution in [0.15, 0.2) is 24.3 Å². The summed E-state index contributed by atoms with van der Waals surface area (Å²) >= 11 is 0. The van der Waals surface area contributed by atoms with Gasteiger partial charge in [-0.25, -0.2) is 9.59 Å².